The van der Waals surface area contributed by atoms with E-state index in [1.54, 1.807) is 30.0 Å². The third kappa shape index (κ3) is 6.87. The second-order valence-electron chi connectivity index (χ2n) is 10.6. The highest BCUT2D eigenvalue weighted by Crippen LogP contribution is 2.40. The summed E-state index contributed by atoms with van der Waals surface area (Å²) in [5.74, 6) is -2.39. The van der Waals surface area contributed by atoms with Gasteiger partial charge in [0.1, 0.15) is 5.82 Å². The molecule has 0 radical (unpaired) electrons. The van der Waals surface area contributed by atoms with Gasteiger partial charge in [-0.05, 0) is 50.3 Å². The molecule has 3 N–H and O–H groups in total. The standard InChI is InChI=1S/C27H34F2N6O4S/c1-18-16-24(32-26(30-18)35-12-8-27(28,29)9-13-35)31-25(37)22-5-4-21(33-40(38,39)15-14-36)17-23(22)34-10-6-20(7-11-34)19-2-3-19/h4-6,16-17,19,33,36H,2-3,7-15H2,1H3,(H,30,31,32,37). The maximum absolute atomic E-state index is 13.6. The zero-order valence-corrected chi connectivity index (χ0v) is 23.2. The lowest BCUT2D eigenvalue weighted by molar-refractivity contribution is -0.0222. The van der Waals surface area contributed by atoms with Crippen molar-refractivity contribution >= 4 is 39.1 Å². The molecule has 1 saturated heterocycles. The molecule has 1 aromatic heterocycles. The highest BCUT2D eigenvalue weighted by molar-refractivity contribution is 7.92. The molecule has 2 aliphatic heterocycles. The minimum absolute atomic E-state index is 0.118. The molecule has 1 aromatic carbocycles. The molecule has 0 unspecified atom stereocenters. The van der Waals surface area contributed by atoms with Crippen LogP contribution in [0.15, 0.2) is 35.9 Å². The van der Waals surface area contributed by atoms with E-state index in [2.05, 4.69) is 26.1 Å². The zero-order chi connectivity index (χ0) is 28.5. The predicted octanol–water partition coefficient (Wildman–Crippen LogP) is 3.55. The smallest absolute Gasteiger partial charge is 0.258 e. The lowest BCUT2D eigenvalue weighted by Gasteiger charge is -2.32. The molecule has 3 heterocycles. The Morgan fingerprint density at radius 1 is 1.12 bits per heavy atom. The van der Waals surface area contributed by atoms with Crippen LogP contribution in [0.5, 0.6) is 0 Å². The van der Waals surface area contributed by atoms with Crippen molar-refractivity contribution in [2.75, 3.05) is 58.4 Å². The molecular weight excluding hydrogens is 542 g/mol. The Morgan fingerprint density at radius 3 is 2.52 bits per heavy atom. The van der Waals surface area contributed by atoms with Crippen LogP contribution in [-0.2, 0) is 10.0 Å². The summed E-state index contributed by atoms with van der Waals surface area (Å²) in [6, 6.07) is 6.31. The fraction of sp³-hybridized carbons (Fsp3) is 0.519. The SMILES string of the molecule is Cc1cc(NC(=O)c2ccc(NS(=O)(=O)CCO)cc2N2CC=C(C3CC3)CC2)nc(N2CCC(F)(F)CC2)n1. The maximum atomic E-state index is 13.6. The van der Waals surface area contributed by atoms with E-state index in [-0.39, 0.29) is 37.7 Å². The first-order valence-electron chi connectivity index (χ1n) is 13.5. The Hall–Kier alpha value is -3.32. The second kappa shape index (κ2) is 11.3. The largest absolute Gasteiger partial charge is 0.395 e. The topological polar surface area (TPSA) is 128 Å². The van der Waals surface area contributed by atoms with E-state index in [4.69, 9.17) is 5.11 Å². The number of benzene rings is 1. The molecule has 1 aliphatic carbocycles. The molecule has 216 valence electrons. The van der Waals surface area contributed by atoms with Crippen molar-refractivity contribution in [3.63, 3.8) is 0 Å². The van der Waals surface area contributed by atoms with E-state index >= 15 is 0 Å². The molecule has 0 bridgehead atoms. The van der Waals surface area contributed by atoms with Gasteiger partial charge in [-0.3, -0.25) is 9.52 Å². The van der Waals surface area contributed by atoms with Crippen molar-refractivity contribution in [3.8, 4) is 0 Å². The van der Waals surface area contributed by atoms with E-state index in [0.29, 0.717) is 41.6 Å². The third-order valence-corrected chi connectivity index (χ3v) is 8.69. The molecular formula is C27H34F2N6O4S. The predicted molar refractivity (Wildman–Crippen MR) is 150 cm³/mol. The Morgan fingerprint density at radius 2 is 1.88 bits per heavy atom. The number of hydrogen-bond acceptors (Lipinski definition) is 8. The van der Waals surface area contributed by atoms with Gasteiger partial charge in [0.15, 0.2) is 0 Å². The molecule has 2 aromatic rings. The summed E-state index contributed by atoms with van der Waals surface area (Å²) < 4.78 is 54.3. The number of halogens is 2. The lowest BCUT2D eigenvalue weighted by atomic mass is 10.0. The number of carbonyl (C=O) groups is 1. The highest BCUT2D eigenvalue weighted by Gasteiger charge is 2.35. The number of carbonyl (C=O) groups excluding carboxylic acids is 1. The number of nitrogens with zero attached hydrogens (tertiary/aromatic N) is 4. The van der Waals surface area contributed by atoms with Crippen molar-refractivity contribution in [2.45, 2.75) is 45.0 Å². The number of nitrogens with one attached hydrogen (secondary N) is 2. The molecule has 2 fully saturated rings. The van der Waals surface area contributed by atoms with E-state index in [0.717, 1.165) is 6.42 Å². The van der Waals surface area contributed by atoms with Crippen molar-refractivity contribution < 1.29 is 27.1 Å². The van der Waals surface area contributed by atoms with E-state index < -0.39 is 34.2 Å². The second-order valence-corrected chi connectivity index (χ2v) is 12.5. The average molecular weight is 577 g/mol. The first-order valence-corrected chi connectivity index (χ1v) is 15.2. The minimum atomic E-state index is -3.75. The van der Waals surface area contributed by atoms with Gasteiger partial charge in [0.05, 0.1) is 29.3 Å². The van der Waals surface area contributed by atoms with Crippen LogP contribution in [0.3, 0.4) is 0 Å². The Balaban J connectivity index is 1.39. The number of piperidine rings is 1. The molecule has 5 rings (SSSR count). The number of rotatable bonds is 9. The summed E-state index contributed by atoms with van der Waals surface area (Å²) in [7, 11) is -3.75. The van der Waals surface area contributed by atoms with Gasteiger partial charge in [-0.2, -0.15) is 4.98 Å². The molecule has 0 spiro atoms. The first kappa shape index (κ1) is 28.2. The van der Waals surface area contributed by atoms with Crippen LogP contribution in [-0.4, -0.2) is 73.9 Å². The van der Waals surface area contributed by atoms with Gasteiger partial charge < -0.3 is 20.2 Å². The number of alkyl halides is 2. The van der Waals surface area contributed by atoms with Gasteiger partial charge in [-0.1, -0.05) is 11.6 Å². The quantitative estimate of drug-likeness (QED) is 0.387. The van der Waals surface area contributed by atoms with Gasteiger partial charge in [-0.15, -0.1) is 0 Å². The number of aromatic nitrogens is 2. The number of sulfonamides is 1. The van der Waals surface area contributed by atoms with Crippen LogP contribution in [0.1, 0.15) is 48.2 Å². The van der Waals surface area contributed by atoms with E-state index in [1.807, 2.05) is 4.90 Å². The van der Waals surface area contributed by atoms with Crippen molar-refractivity contribution in [3.05, 3.63) is 47.2 Å². The summed E-state index contributed by atoms with van der Waals surface area (Å²) in [6.45, 7) is 2.75. The van der Waals surface area contributed by atoms with Gasteiger partial charge in [0.25, 0.3) is 11.8 Å². The number of hydrogen-bond donors (Lipinski definition) is 3. The van der Waals surface area contributed by atoms with Crippen LogP contribution in [0.2, 0.25) is 0 Å². The number of anilines is 4. The van der Waals surface area contributed by atoms with Crippen LogP contribution < -0.4 is 19.8 Å². The summed E-state index contributed by atoms with van der Waals surface area (Å²) in [5.41, 5.74) is 3.21. The van der Waals surface area contributed by atoms with Gasteiger partial charge in [0.2, 0.25) is 16.0 Å². The minimum Gasteiger partial charge on any atom is -0.395 e. The molecule has 13 heteroatoms. The van der Waals surface area contributed by atoms with Gasteiger partial charge >= 0.3 is 0 Å². The van der Waals surface area contributed by atoms with Crippen LogP contribution in [0.4, 0.5) is 31.9 Å². The molecule has 40 heavy (non-hydrogen) atoms. The normalized spacial score (nSPS) is 19.2. The summed E-state index contributed by atoms with van der Waals surface area (Å²) >= 11 is 0. The first-order chi connectivity index (χ1) is 19.0. The zero-order valence-electron chi connectivity index (χ0n) is 22.4. The third-order valence-electron chi connectivity index (χ3n) is 7.42. The van der Waals surface area contributed by atoms with E-state index in [9.17, 15) is 22.0 Å². The number of amides is 1. The average Bonchev–Trinajstić information content (AvgIpc) is 3.74. The van der Waals surface area contributed by atoms with Crippen LogP contribution in [0.25, 0.3) is 0 Å². The molecule has 10 nitrogen and oxygen atoms in total. The maximum Gasteiger partial charge on any atom is 0.258 e. The van der Waals surface area contributed by atoms with Crippen LogP contribution in [0, 0.1) is 12.8 Å². The Bertz CT molecular complexity index is 1400. The molecule has 1 saturated carbocycles. The number of aliphatic hydroxyl groups excluding tert-OH is 1. The summed E-state index contributed by atoms with van der Waals surface area (Å²) in [5, 5.41) is 11.9. The van der Waals surface area contributed by atoms with Crippen LogP contribution >= 0.6 is 0 Å². The van der Waals surface area contributed by atoms with E-state index in [1.165, 1.54) is 24.5 Å². The summed E-state index contributed by atoms with van der Waals surface area (Å²) in [6.07, 6.45) is 4.92. The highest BCUT2D eigenvalue weighted by atomic mass is 32.2. The fourth-order valence-electron chi connectivity index (χ4n) is 5.10. The number of aryl methyl sites for hydroxylation is 1. The molecule has 0 atom stereocenters. The Labute approximate surface area is 232 Å². The number of aliphatic hydroxyl groups is 1. The van der Waals surface area contributed by atoms with Crippen molar-refractivity contribution in [2.24, 2.45) is 5.92 Å². The molecule has 3 aliphatic rings. The Kier molecular flexibility index (Phi) is 7.96. The van der Waals surface area contributed by atoms with Crippen molar-refractivity contribution in [1.82, 2.24) is 9.97 Å². The lowest BCUT2D eigenvalue weighted by Crippen LogP contribution is -2.40. The monoisotopic (exact) mass is 576 g/mol. The fourth-order valence-corrected chi connectivity index (χ4v) is 5.93. The van der Waals surface area contributed by atoms with Gasteiger partial charge in [0, 0.05) is 50.8 Å². The van der Waals surface area contributed by atoms with Gasteiger partial charge in [-0.25, -0.2) is 22.2 Å². The van der Waals surface area contributed by atoms with Crippen molar-refractivity contribution in [1.29, 1.82) is 0 Å². The molecule has 1 amide bonds. The summed E-state index contributed by atoms with van der Waals surface area (Å²) in [4.78, 5) is 26.1.